The van der Waals surface area contributed by atoms with Gasteiger partial charge in [0.15, 0.2) is 0 Å². The van der Waals surface area contributed by atoms with Crippen molar-refractivity contribution in [2.45, 2.75) is 25.0 Å². The van der Waals surface area contributed by atoms with Crippen LogP contribution >= 0.6 is 38.9 Å². The minimum absolute atomic E-state index is 0.172. The highest BCUT2D eigenvalue weighted by Crippen LogP contribution is 2.35. The van der Waals surface area contributed by atoms with Gasteiger partial charge in [0.05, 0.1) is 6.10 Å². The van der Waals surface area contributed by atoms with Crippen LogP contribution in [-0.4, -0.2) is 25.2 Å². The average molecular weight is 354 g/mol. The largest absolute Gasteiger partial charge is 0.377 e. The predicted molar refractivity (Wildman–Crippen MR) is 75.9 cm³/mol. The smallest absolute Gasteiger partial charge is 0.239 e. The van der Waals surface area contributed by atoms with E-state index in [9.17, 15) is 4.79 Å². The monoisotopic (exact) mass is 352 g/mol. The number of halogens is 2. The molecule has 0 aromatic carbocycles. The van der Waals surface area contributed by atoms with Crippen LogP contribution in [0.4, 0.5) is 0 Å². The number of hydrogen-bond donors (Lipinski definition) is 2. The molecule has 1 aromatic rings. The number of nitrogens with one attached hydrogen (secondary N) is 1. The summed E-state index contributed by atoms with van der Waals surface area (Å²) in [7, 11) is 0. The van der Waals surface area contributed by atoms with E-state index in [0.29, 0.717) is 10.9 Å². The molecule has 1 aliphatic heterocycles. The molecule has 2 rings (SSSR count). The van der Waals surface area contributed by atoms with E-state index in [-0.39, 0.29) is 6.10 Å². The minimum atomic E-state index is -0.511. The zero-order chi connectivity index (χ0) is 13.1. The Morgan fingerprint density at radius 1 is 1.78 bits per heavy atom. The van der Waals surface area contributed by atoms with Crippen LogP contribution in [0.3, 0.4) is 0 Å². The van der Waals surface area contributed by atoms with Crippen molar-refractivity contribution >= 4 is 44.8 Å². The van der Waals surface area contributed by atoms with Crippen molar-refractivity contribution < 1.29 is 9.53 Å². The van der Waals surface area contributed by atoms with Gasteiger partial charge in [-0.25, -0.2) is 0 Å². The van der Waals surface area contributed by atoms with Gasteiger partial charge in [-0.3, -0.25) is 10.1 Å². The Bertz CT molecular complexity index is 415. The lowest BCUT2D eigenvalue weighted by Gasteiger charge is -2.16. The van der Waals surface area contributed by atoms with Gasteiger partial charge < -0.3 is 10.5 Å². The second-order valence-electron chi connectivity index (χ2n) is 4.15. The topological polar surface area (TPSA) is 64.4 Å². The van der Waals surface area contributed by atoms with Crippen LogP contribution in [0.2, 0.25) is 4.34 Å². The van der Waals surface area contributed by atoms with Gasteiger partial charge in [-0.2, -0.15) is 0 Å². The molecular weight excluding hydrogens is 340 g/mol. The first-order chi connectivity index (χ1) is 8.58. The molecule has 2 atom stereocenters. The summed E-state index contributed by atoms with van der Waals surface area (Å²) in [5.74, 6) is -0.404. The highest BCUT2D eigenvalue weighted by Gasteiger charge is 2.23. The van der Waals surface area contributed by atoms with Gasteiger partial charge in [0.1, 0.15) is 10.4 Å². The van der Waals surface area contributed by atoms with E-state index in [2.05, 4.69) is 21.2 Å². The maximum Gasteiger partial charge on any atom is 0.239 e. The van der Waals surface area contributed by atoms with E-state index in [1.165, 1.54) is 11.3 Å². The molecule has 1 amide bonds. The number of carbonyl (C=O) groups excluding carboxylic acids is 1. The number of carbonyl (C=O) groups is 1. The second-order valence-corrected chi connectivity index (χ2v) is 6.69. The van der Waals surface area contributed by atoms with Crippen LogP contribution in [0.15, 0.2) is 10.5 Å². The molecule has 4 nitrogen and oxygen atoms in total. The van der Waals surface area contributed by atoms with Crippen molar-refractivity contribution in [1.29, 1.82) is 0 Å². The summed E-state index contributed by atoms with van der Waals surface area (Å²) in [6.45, 7) is 1.42. The Kier molecular flexibility index (Phi) is 5.03. The van der Waals surface area contributed by atoms with Crippen molar-refractivity contribution in [3.63, 3.8) is 0 Å². The number of primary amides is 1. The lowest BCUT2D eigenvalue weighted by atomic mass is 10.2. The van der Waals surface area contributed by atoms with E-state index in [1.807, 2.05) is 6.07 Å². The third kappa shape index (κ3) is 3.45. The fourth-order valence-corrected chi connectivity index (χ4v) is 3.72. The highest BCUT2D eigenvalue weighted by atomic mass is 79.9. The molecule has 2 unspecified atom stereocenters. The van der Waals surface area contributed by atoms with Crippen LogP contribution in [0.25, 0.3) is 0 Å². The Morgan fingerprint density at radius 3 is 3.06 bits per heavy atom. The molecule has 1 aromatic heterocycles. The molecule has 1 aliphatic rings. The van der Waals surface area contributed by atoms with E-state index < -0.39 is 11.9 Å². The van der Waals surface area contributed by atoms with Gasteiger partial charge >= 0.3 is 0 Å². The third-order valence-electron chi connectivity index (χ3n) is 2.81. The summed E-state index contributed by atoms with van der Waals surface area (Å²) < 4.78 is 6.91. The van der Waals surface area contributed by atoms with Gasteiger partial charge in [0.2, 0.25) is 5.91 Å². The standard InChI is InChI=1S/C11H14BrClN2O2S/c12-7-4-8(18-10(7)13)9(11(14)16)15-5-6-2-1-3-17-6/h4,6,9,15H,1-3,5H2,(H2,14,16). The molecule has 0 saturated carbocycles. The quantitative estimate of drug-likeness (QED) is 0.854. The molecule has 0 radical (unpaired) electrons. The minimum Gasteiger partial charge on any atom is -0.377 e. The first kappa shape index (κ1) is 14.3. The van der Waals surface area contributed by atoms with E-state index in [0.717, 1.165) is 28.8 Å². The summed E-state index contributed by atoms with van der Waals surface area (Å²) in [4.78, 5) is 12.3. The fourth-order valence-electron chi connectivity index (χ4n) is 1.90. The zero-order valence-corrected chi connectivity index (χ0v) is 12.8. The van der Waals surface area contributed by atoms with E-state index in [4.69, 9.17) is 22.1 Å². The lowest BCUT2D eigenvalue weighted by Crippen LogP contribution is -2.37. The Hall–Kier alpha value is -0.140. The van der Waals surface area contributed by atoms with Crippen molar-refractivity contribution in [3.05, 3.63) is 19.8 Å². The Morgan fingerprint density at radius 2 is 2.56 bits per heavy atom. The second kappa shape index (κ2) is 6.34. The number of rotatable bonds is 5. The predicted octanol–water partition coefficient (Wildman–Crippen LogP) is 2.46. The average Bonchev–Trinajstić information content (AvgIpc) is 2.90. The molecule has 2 heterocycles. The SMILES string of the molecule is NC(=O)C(NCC1CCCO1)c1cc(Br)c(Cl)s1. The van der Waals surface area contributed by atoms with Crippen LogP contribution in [0.1, 0.15) is 23.8 Å². The summed E-state index contributed by atoms with van der Waals surface area (Å²) in [5.41, 5.74) is 5.42. The van der Waals surface area contributed by atoms with Crippen molar-refractivity contribution in [2.75, 3.05) is 13.2 Å². The zero-order valence-electron chi connectivity index (χ0n) is 9.62. The highest BCUT2D eigenvalue weighted by molar-refractivity contribution is 9.10. The molecule has 0 aliphatic carbocycles. The van der Waals surface area contributed by atoms with Crippen molar-refractivity contribution in [1.82, 2.24) is 5.32 Å². The van der Waals surface area contributed by atoms with E-state index >= 15 is 0 Å². The first-order valence-corrected chi connectivity index (χ1v) is 7.65. The third-order valence-corrected chi connectivity index (χ3v) is 5.35. The molecule has 100 valence electrons. The molecule has 3 N–H and O–H groups in total. The molecule has 0 spiro atoms. The van der Waals surface area contributed by atoms with Crippen LogP contribution in [-0.2, 0) is 9.53 Å². The number of hydrogen-bond acceptors (Lipinski definition) is 4. The van der Waals surface area contributed by atoms with E-state index in [1.54, 1.807) is 0 Å². The molecule has 0 bridgehead atoms. The maximum absolute atomic E-state index is 11.5. The van der Waals surface area contributed by atoms with Crippen LogP contribution in [0, 0.1) is 0 Å². The normalized spacial score (nSPS) is 21.1. The first-order valence-electron chi connectivity index (χ1n) is 5.67. The molecular formula is C11H14BrClN2O2S. The Balaban J connectivity index is 2.01. The maximum atomic E-state index is 11.5. The summed E-state index contributed by atoms with van der Waals surface area (Å²) >= 11 is 10.6. The van der Waals surface area contributed by atoms with Crippen LogP contribution in [0.5, 0.6) is 0 Å². The molecule has 7 heteroatoms. The Labute approximate surface area is 123 Å². The van der Waals surface area contributed by atoms with Gasteiger partial charge in [0, 0.05) is 22.5 Å². The van der Waals surface area contributed by atoms with Gasteiger partial charge in [-0.05, 0) is 34.8 Å². The summed E-state index contributed by atoms with van der Waals surface area (Å²) in [5, 5.41) is 3.15. The number of nitrogens with two attached hydrogens (primary N) is 1. The van der Waals surface area contributed by atoms with Crippen LogP contribution < -0.4 is 11.1 Å². The van der Waals surface area contributed by atoms with Crippen molar-refractivity contribution in [2.24, 2.45) is 5.73 Å². The fraction of sp³-hybridized carbons (Fsp3) is 0.545. The van der Waals surface area contributed by atoms with Gasteiger partial charge in [-0.1, -0.05) is 11.6 Å². The molecule has 18 heavy (non-hydrogen) atoms. The summed E-state index contributed by atoms with van der Waals surface area (Å²) in [6, 6.07) is 1.31. The number of thiophene rings is 1. The molecule has 1 saturated heterocycles. The van der Waals surface area contributed by atoms with Gasteiger partial charge in [0.25, 0.3) is 0 Å². The van der Waals surface area contributed by atoms with Crippen molar-refractivity contribution in [3.8, 4) is 0 Å². The number of amides is 1. The molecule has 1 fully saturated rings. The lowest BCUT2D eigenvalue weighted by molar-refractivity contribution is -0.120. The summed E-state index contributed by atoms with van der Waals surface area (Å²) in [6.07, 6.45) is 2.27. The van der Waals surface area contributed by atoms with Gasteiger partial charge in [-0.15, -0.1) is 11.3 Å². The number of ether oxygens (including phenoxy) is 1.